The second-order valence-electron chi connectivity index (χ2n) is 3.57. The minimum atomic E-state index is -0.498. The molecule has 2 heterocycles. The first kappa shape index (κ1) is 16.1. The highest BCUT2D eigenvalue weighted by Crippen LogP contribution is 1.92. The number of nitrogens with one attached hydrogen (secondary N) is 4. The first-order valence-electron chi connectivity index (χ1n) is 5.31. The predicted molar refractivity (Wildman–Crippen MR) is 82.6 cm³/mol. The molecule has 0 aliphatic carbocycles. The summed E-state index contributed by atoms with van der Waals surface area (Å²) in [6, 6.07) is 0. The Bertz CT molecular complexity index is 831. The number of hydrogen-bond acceptors (Lipinski definition) is 4. The van der Waals surface area contributed by atoms with Crippen molar-refractivity contribution in [2.75, 3.05) is 0 Å². The van der Waals surface area contributed by atoms with E-state index in [4.69, 9.17) is 0 Å². The number of rotatable bonds is 1. The molecule has 4 N–H and O–H groups in total. The summed E-state index contributed by atoms with van der Waals surface area (Å²) in [7, 11) is 0. The summed E-state index contributed by atoms with van der Waals surface area (Å²) >= 11 is 7.66. The Morgan fingerprint density at radius 1 is 1.10 bits per heavy atom. The molecule has 7 nitrogen and oxygen atoms in total. The summed E-state index contributed by atoms with van der Waals surface area (Å²) in [6.45, 7) is 1.71. The molecule has 0 radical (unpaired) electrons. The topological polar surface area (TPSA) is 114 Å². The maximum Gasteiger partial charge on any atom is 0.325 e. The van der Waals surface area contributed by atoms with Crippen LogP contribution in [0.5, 0.6) is 0 Å². The smallest absolute Gasteiger partial charge is 0.325 e. The Morgan fingerprint density at radius 2 is 1.80 bits per heavy atom. The van der Waals surface area contributed by atoms with Gasteiger partial charge in [-0.1, -0.05) is 15.9 Å². The van der Waals surface area contributed by atoms with Crippen LogP contribution in [0.2, 0.25) is 0 Å². The summed E-state index contributed by atoms with van der Waals surface area (Å²) in [5, 5.41) is 0. The van der Waals surface area contributed by atoms with E-state index in [-0.39, 0.29) is 5.56 Å². The zero-order valence-electron chi connectivity index (χ0n) is 10.3. The van der Waals surface area contributed by atoms with Crippen molar-refractivity contribution in [3.05, 3.63) is 64.5 Å². The average molecular weight is 359 g/mol. The van der Waals surface area contributed by atoms with E-state index in [0.29, 0.717) is 15.9 Å². The van der Waals surface area contributed by atoms with Gasteiger partial charge in [-0.15, -0.1) is 0 Å². The number of H-pyrrole nitrogens is 4. The molecular weight excluding hydrogens is 348 g/mol. The van der Waals surface area contributed by atoms with Gasteiger partial charge in [0.25, 0.3) is 11.1 Å². The summed E-state index contributed by atoms with van der Waals surface area (Å²) in [4.78, 5) is 43.2. The number of halogens is 1. The Hall–Kier alpha value is -2.00. The highest BCUT2D eigenvalue weighted by molar-refractivity contribution is 9.11. The lowest BCUT2D eigenvalue weighted by atomic mass is 10.3. The van der Waals surface area contributed by atoms with Gasteiger partial charge in [0.2, 0.25) is 0 Å². The van der Waals surface area contributed by atoms with E-state index in [1.807, 2.05) is 0 Å². The first-order chi connectivity index (χ1) is 9.43. The molecule has 9 heteroatoms. The minimum Gasteiger partial charge on any atom is -0.338 e. The first-order valence-corrected chi connectivity index (χ1v) is 6.64. The van der Waals surface area contributed by atoms with Crippen LogP contribution in [0.3, 0.4) is 0 Å². The quantitative estimate of drug-likeness (QED) is 0.572. The molecule has 0 saturated carbocycles. The van der Waals surface area contributed by atoms with Crippen LogP contribution in [0.15, 0.2) is 31.8 Å². The summed E-state index contributed by atoms with van der Waals surface area (Å²) < 4.78 is 0.366. The third-order valence-corrected chi connectivity index (χ3v) is 2.58. The van der Waals surface area contributed by atoms with E-state index in [1.165, 1.54) is 17.3 Å². The third-order valence-electron chi connectivity index (χ3n) is 2.10. The molecule has 0 atom stereocenters. The summed E-state index contributed by atoms with van der Waals surface area (Å²) in [6.07, 6.45) is 4.47. The van der Waals surface area contributed by atoms with Gasteiger partial charge in [0.15, 0.2) is 4.77 Å². The van der Waals surface area contributed by atoms with Crippen LogP contribution in [-0.2, 0) is 0 Å². The van der Waals surface area contributed by atoms with Gasteiger partial charge in [0, 0.05) is 18.0 Å². The number of hydrogen-bond donors (Lipinski definition) is 4. The van der Waals surface area contributed by atoms with Crippen molar-refractivity contribution in [3.8, 4) is 0 Å². The third kappa shape index (κ3) is 4.94. The molecule has 2 aromatic rings. The molecule has 0 spiro atoms. The highest BCUT2D eigenvalue weighted by atomic mass is 79.9. The van der Waals surface area contributed by atoms with Crippen molar-refractivity contribution < 1.29 is 0 Å². The summed E-state index contributed by atoms with van der Waals surface area (Å²) in [5.74, 6) is 0. The highest BCUT2D eigenvalue weighted by Gasteiger charge is 1.92. The molecule has 2 rings (SSSR count). The fraction of sp³-hybridized carbons (Fsp3) is 0.0909. The number of aromatic nitrogens is 4. The summed E-state index contributed by atoms with van der Waals surface area (Å²) in [5.41, 5.74) is 0.0231. The van der Waals surface area contributed by atoms with Crippen LogP contribution in [0, 0.1) is 11.7 Å². The lowest BCUT2D eigenvalue weighted by molar-refractivity contribution is 1.03. The molecule has 106 valence electrons. The molecule has 0 fully saturated rings. The van der Waals surface area contributed by atoms with Crippen LogP contribution in [-0.4, -0.2) is 19.9 Å². The van der Waals surface area contributed by atoms with Crippen LogP contribution in [0.1, 0.15) is 11.1 Å². The van der Waals surface area contributed by atoms with Gasteiger partial charge in [0.05, 0.1) is 5.56 Å². The normalized spacial score (nSPS) is 10.1. The van der Waals surface area contributed by atoms with Crippen molar-refractivity contribution in [3.63, 3.8) is 0 Å². The molecule has 0 aliphatic rings. The number of aryl methyl sites for hydroxylation is 1. The largest absolute Gasteiger partial charge is 0.338 e. The lowest BCUT2D eigenvalue weighted by Gasteiger charge is -1.87. The Kier molecular flexibility index (Phi) is 6.07. The van der Waals surface area contributed by atoms with Gasteiger partial charge in [-0.05, 0) is 30.2 Å². The van der Waals surface area contributed by atoms with Crippen molar-refractivity contribution in [1.82, 2.24) is 19.9 Å². The molecule has 20 heavy (non-hydrogen) atoms. The van der Waals surface area contributed by atoms with Gasteiger partial charge in [-0.25, -0.2) is 4.79 Å². The molecule has 0 unspecified atom stereocenters. The second kappa shape index (κ2) is 7.56. The van der Waals surface area contributed by atoms with Gasteiger partial charge in [-0.3, -0.25) is 19.6 Å². The molecular formula is C11H11BrN4O3S. The fourth-order valence-electron chi connectivity index (χ4n) is 1.09. The van der Waals surface area contributed by atoms with Crippen molar-refractivity contribution in [2.24, 2.45) is 0 Å². The fourth-order valence-corrected chi connectivity index (χ4v) is 1.53. The second-order valence-corrected chi connectivity index (χ2v) is 4.51. The van der Waals surface area contributed by atoms with Crippen LogP contribution in [0.25, 0.3) is 6.08 Å². The van der Waals surface area contributed by atoms with E-state index in [0.717, 1.165) is 0 Å². The maximum absolute atomic E-state index is 10.9. The minimum absolute atomic E-state index is 0.126. The molecule has 0 amide bonds. The van der Waals surface area contributed by atoms with Crippen LogP contribution < -0.4 is 16.8 Å². The SMILES string of the molecule is Cc1c[nH]c(=S)[nH]c1=O.O=c1[nH]cc(C=CBr)c(=O)[nH]1. The number of aromatic amines is 4. The Labute approximate surface area is 125 Å². The van der Waals surface area contributed by atoms with Crippen LogP contribution in [0.4, 0.5) is 0 Å². The lowest BCUT2D eigenvalue weighted by Crippen LogP contribution is -2.22. The zero-order valence-corrected chi connectivity index (χ0v) is 12.7. The molecule has 0 saturated heterocycles. The van der Waals surface area contributed by atoms with E-state index >= 15 is 0 Å². The van der Waals surface area contributed by atoms with E-state index in [9.17, 15) is 14.4 Å². The van der Waals surface area contributed by atoms with Gasteiger partial charge in [0.1, 0.15) is 0 Å². The molecule has 0 aromatic carbocycles. The van der Waals surface area contributed by atoms with E-state index in [1.54, 1.807) is 13.1 Å². The standard InChI is InChI=1S/C6H5BrN2O2.C5H6N2OS/c7-2-1-4-3-8-6(11)9-5(4)10;1-3-2-6-5(9)7-4(3)8/h1-3H,(H2,8,9,10,11);2H,1H3,(H2,6,7,8,9). The zero-order chi connectivity index (χ0) is 15.1. The van der Waals surface area contributed by atoms with Crippen molar-refractivity contribution >= 4 is 34.2 Å². The van der Waals surface area contributed by atoms with E-state index in [2.05, 4.69) is 48.1 Å². The van der Waals surface area contributed by atoms with Gasteiger partial charge >= 0.3 is 5.69 Å². The Morgan fingerprint density at radius 3 is 2.30 bits per heavy atom. The monoisotopic (exact) mass is 358 g/mol. The Balaban J connectivity index is 0.000000204. The van der Waals surface area contributed by atoms with Gasteiger partial charge < -0.3 is 9.97 Å². The maximum atomic E-state index is 10.9. The molecule has 2 aromatic heterocycles. The van der Waals surface area contributed by atoms with Crippen LogP contribution >= 0.6 is 28.1 Å². The van der Waals surface area contributed by atoms with Gasteiger partial charge in [-0.2, -0.15) is 0 Å². The predicted octanol–water partition coefficient (Wildman–Crippen LogP) is 1.17. The van der Waals surface area contributed by atoms with Crippen molar-refractivity contribution in [1.29, 1.82) is 0 Å². The van der Waals surface area contributed by atoms with Crippen molar-refractivity contribution in [2.45, 2.75) is 6.92 Å². The molecule has 0 bridgehead atoms. The average Bonchev–Trinajstić information content (AvgIpc) is 2.39. The van der Waals surface area contributed by atoms with E-state index < -0.39 is 11.2 Å². The molecule has 0 aliphatic heterocycles.